The summed E-state index contributed by atoms with van der Waals surface area (Å²) < 4.78 is 0. The molecule has 0 unspecified atom stereocenters. The molecule has 0 aromatic rings. The standard InChI is InChI=1S/C8H12ClNO.C8H13NO2.2ClH/c9-7(11)8-1-4-10(5-2-8)6-3-8;10-7(11)8-1-4-9(5-2-8)6-3-8;;/h1-6H2;1-6H2,(H,10,11);2*1H. The summed E-state index contributed by atoms with van der Waals surface area (Å²) in [5, 5.41) is 8.89. The van der Waals surface area contributed by atoms with Crippen LogP contribution in [0.5, 0.6) is 0 Å². The van der Waals surface area contributed by atoms with Crippen molar-refractivity contribution in [3.8, 4) is 0 Å². The van der Waals surface area contributed by atoms with E-state index in [1.54, 1.807) is 0 Å². The van der Waals surface area contributed by atoms with Crippen molar-refractivity contribution in [3.63, 3.8) is 0 Å². The number of hydrogen-bond donors (Lipinski definition) is 1. The number of fused-ring (bicyclic) bond motifs is 6. The highest BCUT2D eigenvalue weighted by molar-refractivity contribution is 6.64. The largest absolute Gasteiger partial charge is 0.481 e. The number of piperidine rings is 6. The molecule has 6 rings (SSSR count). The molecule has 5 nitrogen and oxygen atoms in total. The molecule has 0 aliphatic carbocycles. The Kier molecular flexibility index (Phi) is 7.82. The van der Waals surface area contributed by atoms with E-state index >= 15 is 0 Å². The number of carboxylic acids is 1. The Morgan fingerprint density at radius 1 is 0.708 bits per heavy atom. The average Bonchev–Trinajstić information content (AvgIpc) is 2.59. The number of carbonyl (C=O) groups is 2. The molecule has 0 aromatic heterocycles. The minimum atomic E-state index is -0.572. The van der Waals surface area contributed by atoms with E-state index in [2.05, 4.69) is 9.80 Å². The van der Waals surface area contributed by atoms with Crippen LogP contribution in [0.15, 0.2) is 0 Å². The molecule has 0 aromatic carbocycles. The number of carbonyl (C=O) groups excluding carboxylic acids is 1. The molecular formula is C16H27Cl3N2O3. The summed E-state index contributed by atoms with van der Waals surface area (Å²) in [6.45, 7) is 6.18. The molecule has 0 spiro atoms. The Morgan fingerprint density at radius 2 is 1.00 bits per heavy atom. The second-order valence-corrected chi connectivity index (χ2v) is 7.67. The lowest BCUT2D eigenvalue weighted by molar-refractivity contribution is -0.156. The summed E-state index contributed by atoms with van der Waals surface area (Å²) in [5.41, 5.74) is -0.467. The minimum absolute atomic E-state index is 0. The average molecular weight is 402 g/mol. The maximum Gasteiger partial charge on any atom is 0.309 e. The number of hydrogen-bond acceptors (Lipinski definition) is 4. The van der Waals surface area contributed by atoms with Gasteiger partial charge in [0.15, 0.2) is 0 Å². The molecule has 0 atom stereocenters. The quantitative estimate of drug-likeness (QED) is 0.721. The molecule has 140 valence electrons. The number of halogens is 3. The van der Waals surface area contributed by atoms with Crippen LogP contribution in [-0.4, -0.2) is 65.4 Å². The minimum Gasteiger partial charge on any atom is -0.481 e. The third kappa shape index (κ3) is 4.18. The molecule has 6 aliphatic heterocycles. The molecule has 0 amide bonds. The Morgan fingerprint density at radius 3 is 1.17 bits per heavy atom. The van der Waals surface area contributed by atoms with E-state index in [4.69, 9.17) is 16.7 Å². The van der Waals surface area contributed by atoms with Gasteiger partial charge in [0.2, 0.25) is 5.24 Å². The van der Waals surface area contributed by atoms with Crippen LogP contribution in [0.1, 0.15) is 38.5 Å². The van der Waals surface area contributed by atoms with E-state index in [1.165, 1.54) is 0 Å². The van der Waals surface area contributed by atoms with E-state index in [0.717, 1.165) is 77.8 Å². The van der Waals surface area contributed by atoms with Crippen molar-refractivity contribution in [2.75, 3.05) is 39.3 Å². The molecule has 6 fully saturated rings. The van der Waals surface area contributed by atoms with Crippen LogP contribution in [0.25, 0.3) is 0 Å². The molecule has 4 bridgehead atoms. The molecule has 1 N–H and O–H groups in total. The highest BCUT2D eigenvalue weighted by atomic mass is 35.5. The third-order valence-corrected chi connectivity index (χ3v) is 6.71. The van der Waals surface area contributed by atoms with Crippen LogP contribution in [0.4, 0.5) is 0 Å². The number of nitrogens with zero attached hydrogens (tertiary/aromatic N) is 2. The van der Waals surface area contributed by atoms with Crippen molar-refractivity contribution in [1.29, 1.82) is 0 Å². The van der Waals surface area contributed by atoms with Gasteiger partial charge in [0.1, 0.15) is 0 Å². The Bertz CT molecular complexity index is 390. The van der Waals surface area contributed by atoms with Gasteiger partial charge in [0, 0.05) is 5.41 Å². The summed E-state index contributed by atoms with van der Waals surface area (Å²) >= 11 is 5.58. The lowest BCUT2D eigenvalue weighted by Crippen LogP contribution is -2.51. The zero-order valence-corrected chi connectivity index (χ0v) is 16.2. The summed E-state index contributed by atoms with van der Waals surface area (Å²) in [7, 11) is 0. The first-order valence-electron chi connectivity index (χ1n) is 8.34. The van der Waals surface area contributed by atoms with Gasteiger partial charge in [0.25, 0.3) is 0 Å². The fourth-order valence-electron chi connectivity index (χ4n) is 4.27. The first-order chi connectivity index (χ1) is 10.5. The predicted molar refractivity (Wildman–Crippen MR) is 98.4 cm³/mol. The second kappa shape index (κ2) is 8.54. The lowest BCUT2D eigenvalue weighted by atomic mass is 9.72. The van der Waals surface area contributed by atoms with Crippen LogP contribution in [-0.2, 0) is 9.59 Å². The molecule has 6 saturated heterocycles. The van der Waals surface area contributed by atoms with Crippen molar-refractivity contribution in [1.82, 2.24) is 9.80 Å². The Labute approximate surface area is 160 Å². The van der Waals surface area contributed by atoms with Crippen molar-refractivity contribution >= 4 is 47.6 Å². The van der Waals surface area contributed by atoms with Gasteiger partial charge in [-0.15, -0.1) is 24.8 Å². The van der Waals surface area contributed by atoms with E-state index in [9.17, 15) is 9.59 Å². The number of aliphatic carboxylic acids is 1. The summed E-state index contributed by atoms with van der Waals surface area (Å²) in [6.07, 6.45) is 5.53. The highest BCUT2D eigenvalue weighted by Crippen LogP contribution is 2.41. The van der Waals surface area contributed by atoms with Crippen LogP contribution >= 0.6 is 36.4 Å². The molecule has 0 saturated carbocycles. The van der Waals surface area contributed by atoms with Crippen LogP contribution in [0, 0.1) is 10.8 Å². The second-order valence-electron chi connectivity index (χ2n) is 7.32. The molecule has 6 aliphatic rings. The van der Waals surface area contributed by atoms with Gasteiger partial charge in [-0.05, 0) is 89.4 Å². The Balaban J connectivity index is 0.000000222. The van der Waals surface area contributed by atoms with E-state index in [-0.39, 0.29) is 40.9 Å². The van der Waals surface area contributed by atoms with Gasteiger partial charge in [-0.25, -0.2) is 0 Å². The van der Waals surface area contributed by atoms with Crippen molar-refractivity contribution in [2.24, 2.45) is 10.8 Å². The topological polar surface area (TPSA) is 60.9 Å². The summed E-state index contributed by atoms with van der Waals surface area (Å²) in [6, 6.07) is 0. The maximum atomic E-state index is 11.1. The molecule has 8 heteroatoms. The molecular weight excluding hydrogens is 375 g/mol. The smallest absolute Gasteiger partial charge is 0.309 e. The zero-order chi connectivity index (χ0) is 15.8. The first kappa shape index (κ1) is 22.0. The fourth-order valence-corrected chi connectivity index (χ4v) is 4.55. The van der Waals surface area contributed by atoms with Crippen molar-refractivity contribution in [2.45, 2.75) is 38.5 Å². The Hall–Kier alpha value is -0.0700. The van der Waals surface area contributed by atoms with E-state index < -0.39 is 5.97 Å². The number of rotatable bonds is 2. The van der Waals surface area contributed by atoms with Gasteiger partial charge < -0.3 is 14.9 Å². The SMILES string of the molecule is Cl.Cl.O=C(Cl)C12CCN(CC1)CC2.O=C(O)C12CCN(CC1)CC2. The predicted octanol–water partition coefficient (Wildman–Crippen LogP) is 2.64. The fraction of sp³-hybridized carbons (Fsp3) is 0.875. The normalized spacial score (nSPS) is 38.9. The molecule has 0 radical (unpaired) electrons. The van der Waals surface area contributed by atoms with E-state index in [1.807, 2.05) is 0 Å². The summed E-state index contributed by atoms with van der Waals surface area (Å²) in [4.78, 5) is 26.8. The third-order valence-electron chi connectivity index (χ3n) is 6.31. The number of carboxylic acid groups (broad SMARTS) is 1. The van der Waals surface area contributed by atoms with Crippen molar-refractivity contribution < 1.29 is 14.7 Å². The monoisotopic (exact) mass is 400 g/mol. The highest BCUT2D eigenvalue weighted by Gasteiger charge is 2.45. The van der Waals surface area contributed by atoms with Crippen LogP contribution in [0.3, 0.4) is 0 Å². The van der Waals surface area contributed by atoms with E-state index in [0.29, 0.717) is 0 Å². The van der Waals surface area contributed by atoms with Gasteiger partial charge >= 0.3 is 5.97 Å². The molecule has 6 heterocycles. The zero-order valence-electron chi connectivity index (χ0n) is 13.8. The van der Waals surface area contributed by atoms with Gasteiger partial charge in [-0.2, -0.15) is 0 Å². The van der Waals surface area contributed by atoms with Crippen LogP contribution < -0.4 is 0 Å². The molecule has 24 heavy (non-hydrogen) atoms. The summed E-state index contributed by atoms with van der Waals surface area (Å²) in [5.74, 6) is -0.572. The van der Waals surface area contributed by atoms with Crippen molar-refractivity contribution in [3.05, 3.63) is 0 Å². The first-order valence-corrected chi connectivity index (χ1v) is 8.72. The van der Waals surface area contributed by atoms with Gasteiger partial charge in [-0.1, -0.05) is 0 Å². The van der Waals surface area contributed by atoms with Crippen LogP contribution in [0.2, 0.25) is 0 Å². The lowest BCUT2D eigenvalue weighted by Gasteiger charge is -2.46. The maximum absolute atomic E-state index is 11.1. The van der Waals surface area contributed by atoms with Gasteiger partial charge in [0.05, 0.1) is 5.41 Å². The van der Waals surface area contributed by atoms with Gasteiger partial charge in [-0.3, -0.25) is 9.59 Å².